The van der Waals surface area contributed by atoms with E-state index in [0.717, 1.165) is 44.2 Å². The zero-order valence-corrected chi connectivity index (χ0v) is 13.1. The number of aryl methyl sites for hydroxylation is 1. The van der Waals surface area contributed by atoms with Crippen LogP contribution >= 0.6 is 0 Å². The van der Waals surface area contributed by atoms with Crippen molar-refractivity contribution in [2.45, 2.75) is 64.5 Å². The lowest BCUT2D eigenvalue weighted by molar-refractivity contribution is 0.233. The number of fused-ring (bicyclic) bond motifs is 1. The van der Waals surface area contributed by atoms with Crippen LogP contribution in [0.25, 0.3) is 0 Å². The minimum Gasteiger partial charge on any atom is -0.339 e. The van der Waals surface area contributed by atoms with E-state index in [2.05, 4.69) is 32.2 Å². The van der Waals surface area contributed by atoms with E-state index in [1.54, 1.807) is 0 Å². The van der Waals surface area contributed by atoms with Gasteiger partial charge in [-0.15, -0.1) is 0 Å². The average Bonchev–Trinajstić information content (AvgIpc) is 3.27. The van der Waals surface area contributed by atoms with Crippen LogP contribution in [0.2, 0.25) is 0 Å². The van der Waals surface area contributed by atoms with Crippen molar-refractivity contribution in [3.05, 3.63) is 28.7 Å². The fraction of sp³-hybridized carbons (Fsp3) is 0.688. The topological polar surface area (TPSA) is 70.8 Å². The highest BCUT2D eigenvalue weighted by Gasteiger charge is 2.25. The van der Waals surface area contributed by atoms with E-state index in [1.807, 2.05) is 0 Å². The fourth-order valence-electron chi connectivity index (χ4n) is 3.71. The molecule has 6 heteroatoms. The summed E-state index contributed by atoms with van der Waals surface area (Å²) in [7, 11) is 0. The van der Waals surface area contributed by atoms with Crippen LogP contribution in [0.5, 0.6) is 0 Å². The first-order valence-electron chi connectivity index (χ1n) is 8.43. The molecule has 0 bridgehead atoms. The smallest absolute Gasteiger partial charge is 0.229 e. The van der Waals surface area contributed by atoms with Gasteiger partial charge in [0.05, 0.1) is 12.2 Å². The summed E-state index contributed by atoms with van der Waals surface area (Å²) in [5.41, 5.74) is 3.86. The van der Waals surface area contributed by atoms with Gasteiger partial charge in [0.1, 0.15) is 0 Å². The zero-order valence-electron chi connectivity index (χ0n) is 13.1. The highest BCUT2D eigenvalue weighted by Crippen LogP contribution is 2.33. The second kappa shape index (κ2) is 5.83. The first kappa shape index (κ1) is 13.9. The second-order valence-electron chi connectivity index (χ2n) is 6.47. The first-order chi connectivity index (χ1) is 10.8. The summed E-state index contributed by atoms with van der Waals surface area (Å²) in [4.78, 5) is 7.02. The minimum atomic E-state index is 0.495. The number of hydrogen-bond acceptors (Lipinski definition) is 5. The summed E-state index contributed by atoms with van der Waals surface area (Å²) in [5.74, 6) is 2.17. The minimum absolute atomic E-state index is 0.495. The highest BCUT2D eigenvalue weighted by atomic mass is 16.5. The summed E-state index contributed by atoms with van der Waals surface area (Å²) in [5, 5.41) is 11.8. The highest BCUT2D eigenvalue weighted by molar-refractivity contribution is 5.27. The molecular formula is C16H23N5O. The number of hydrogen-bond donors (Lipinski definition) is 1. The molecular weight excluding hydrogens is 278 g/mol. The van der Waals surface area contributed by atoms with Crippen LogP contribution in [0.1, 0.15) is 67.2 Å². The molecule has 1 aliphatic carbocycles. The van der Waals surface area contributed by atoms with E-state index in [9.17, 15) is 0 Å². The molecule has 0 aromatic carbocycles. The molecule has 2 aromatic heterocycles. The van der Waals surface area contributed by atoms with Gasteiger partial charge in [0.25, 0.3) is 0 Å². The van der Waals surface area contributed by atoms with Gasteiger partial charge >= 0.3 is 0 Å². The normalized spacial score (nSPS) is 19.7. The number of H-pyrrole nitrogens is 1. The molecule has 1 saturated carbocycles. The summed E-state index contributed by atoms with van der Waals surface area (Å²) < 4.78 is 5.48. The molecule has 1 aliphatic heterocycles. The third kappa shape index (κ3) is 2.56. The standard InChI is InChI=1S/C16H23N5O/c1-2-13-12-9-21(8-7-14(12)19-18-13)10-15-17-16(22-20-15)11-5-3-4-6-11/h11H,2-10H2,1H3,(H,18,19). The van der Waals surface area contributed by atoms with Gasteiger partial charge in [-0.05, 0) is 19.3 Å². The molecule has 2 aromatic rings. The van der Waals surface area contributed by atoms with Gasteiger partial charge in [-0.25, -0.2) is 0 Å². The summed E-state index contributed by atoms with van der Waals surface area (Å²) in [6.45, 7) is 4.88. The maximum atomic E-state index is 5.48. The van der Waals surface area contributed by atoms with Crippen molar-refractivity contribution in [1.82, 2.24) is 25.2 Å². The number of nitrogens with zero attached hydrogens (tertiary/aromatic N) is 4. The molecule has 0 amide bonds. The van der Waals surface area contributed by atoms with Crippen molar-refractivity contribution in [3.8, 4) is 0 Å². The summed E-state index contributed by atoms with van der Waals surface area (Å²) in [6.07, 6.45) is 6.98. The molecule has 118 valence electrons. The van der Waals surface area contributed by atoms with Gasteiger partial charge < -0.3 is 4.52 Å². The number of nitrogens with one attached hydrogen (secondary N) is 1. The molecule has 6 nitrogen and oxygen atoms in total. The molecule has 4 rings (SSSR count). The molecule has 0 spiro atoms. The van der Waals surface area contributed by atoms with Crippen LogP contribution < -0.4 is 0 Å². The Morgan fingerprint density at radius 3 is 3.00 bits per heavy atom. The van der Waals surface area contributed by atoms with Crippen LogP contribution in [0.3, 0.4) is 0 Å². The van der Waals surface area contributed by atoms with E-state index >= 15 is 0 Å². The summed E-state index contributed by atoms with van der Waals surface area (Å²) >= 11 is 0. The Morgan fingerprint density at radius 2 is 2.18 bits per heavy atom. The van der Waals surface area contributed by atoms with Crippen molar-refractivity contribution >= 4 is 0 Å². The Morgan fingerprint density at radius 1 is 1.32 bits per heavy atom. The maximum absolute atomic E-state index is 5.48. The van der Waals surface area contributed by atoms with E-state index in [-0.39, 0.29) is 0 Å². The first-order valence-corrected chi connectivity index (χ1v) is 8.43. The molecule has 0 radical (unpaired) electrons. The molecule has 1 N–H and O–H groups in total. The Hall–Kier alpha value is -1.69. The van der Waals surface area contributed by atoms with Crippen molar-refractivity contribution in [2.75, 3.05) is 6.54 Å². The van der Waals surface area contributed by atoms with Gasteiger partial charge in [-0.1, -0.05) is 24.9 Å². The van der Waals surface area contributed by atoms with Crippen molar-refractivity contribution < 1.29 is 4.52 Å². The molecule has 0 saturated heterocycles. The fourth-order valence-corrected chi connectivity index (χ4v) is 3.71. The predicted octanol–water partition coefficient (Wildman–Crippen LogP) is 2.57. The summed E-state index contributed by atoms with van der Waals surface area (Å²) in [6, 6.07) is 0. The van der Waals surface area contributed by atoms with E-state index in [1.165, 1.54) is 42.6 Å². The van der Waals surface area contributed by atoms with Crippen LogP contribution in [-0.4, -0.2) is 31.8 Å². The van der Waals surface area contributed by atoms with E-state index in [0.29, 0.717) is 5.92 Å². The Balaban J connectivity index is 1.43. The van der Waals surface area contributed by atoms with E-state index in [4.69, 9.17) is 4.52 Å². The van der Waals surface area contributed by atoms with Crippen LogP contribution in [0.4, 0.5) is 0 Å². The van der Waals surface area contributed by atoms with Crippen LogP contribution in [-0.2, 0) is 25.9 Å². The predicted molar refractivity (Wildman–Crippen MR) is 81.3 cm³/mol. The van der Waals surface area contributed by atoms with Crippen LogP contribution in [0, 0.1) is 0 Å². The largest absolute Gasteiger partial charge is 0.339 e. The number of rotatable bonds is 4. The lowest BCUT2D eigenvalue weighted by atomic mass is 10.0. The molecule has 22 heavy (non-hydrogen) atoms. The van der Waals surface area contributed by atoms with Gasteiger partial charge in [0.2, 0.25) is 5.89 Å². The van der Waals surface area contributed by atoms with Gasteiger partial charge in [-0.3, -0.25) is 10.00 Å². The van der Waals surface area contributed by atoms with Crippen molar-refractivity contribution in [2.24, 2.45) is 0 Å². The molecule has 0 unspecified atom stereocenters. The van der Waals surface area contributed by atoms with Crippen LogP contribution in [0.15, 0.2) is 4.52 Å². The van der Waals surface area contributed by atoms with Crippen molar-refractivity contribution in [1.29, 1.82) is 0 Å². The lowest BCUT2D eigenvalue weighted by Gasteiger charge is -2.25. The number of aromatic nitrogens is 4. The van der Waals surface area contributed by atoms with Crippen molar-refractivity contribution in [3.63, 3.8) is 0 Å². The lowest BCUT2D eigenvalue weighted by Crippen LogP contribution is -2.30. The average molecular weight is 301 g/mol. The monoisotopic (exact) mass is 301 g/mol. The Labute approximate surface area is 130 Å². The molecule has 3 heterocycles. The van der Waals surface area contributed by atoms with Gasteiger partial charge in [0, 0.05) is 36.7 Å². The Bertz CT molecular complexity index is 627. The molecule has 2 aliphatic rings. The SMILES string of the molecule is CCc1n[nH]c2c1CN(Cc1noc(C3CCCC3)n1)CC2. The number of aromatic amines is 1. The van der Waals surface area contributed by atoms with E-state index < -0.39 is 0 Å². The molecule has 1 fully saturated rings. The quantitative estimate of drug-likeness (QED) is 0.939. The zero-order chi connectivity index (χ0) is 14.9. The van der Waals surface area contributed by atoms with Gasteiger partial charge in [0.15, 0.2) is 5.82 Å². The third-order valence-corrected chi connectivity index (χ3v) is 4.99. The second-order valence-corrected chi connectivity index (χ2v) is 6.47. The van der Waals surface area contributed by atoms with Gasteiger partial charge in [-0.2, -0.15) is 10.1 Å². The maximum Gasteiger partial charge on any atom is 0.229 e. The Kier molecular flexibility index (Phi) is 3.70. The molecule has 0 atom stereocenters. The third-order valence-electron chi connectivity index (χ3n) is 4.99.